The van der Waals surface area contributed by atoms with E-state index < -0.39 is 28.3 Å². The quantitative estimate of drug-likeness (QED) is 0.454. The van der Waals surface area contributed by atoms with Crippen molar-refractivity contribution in [2.45, 2.75) is 25.2 Å². The Morgan fingerprint density at radius 2 is 1.70 bits per heavy atom. The van der Waals surface area contributed by atoms with Crippen LogP contribution in [0.1, 0.15) is 19.1 Å². The fourth-order valence-electron chi connectivity index (χ4n) is 2.89. The van der Waals surface area contributed by atoms with Gasteiger partial charge in [0.2, 0.25) is 5.91 Å². The summed E-state index contributed by atoms with van der Waals surface area (Å²) in [5, 5.41) is 4.12. The molecule has 0 saturated heterocycles. The Balaban J connectivity index is 1.83. The second kappa shape index (κ2) is 8.91. The number of amides is 1. The first-order chi connectivity index (χ1) is 14.3. The third-order valence-electron chi connectivity index (χ3n) is 4.22. The van der Waals surface area contributed by atoms with Gasteiger partial charge in [-0.05, 0) is 31.5 Å². The van der Waals surface area contributed by atoms with Crippen molar-refractivity contribution >= 4 is 21.9 Å². The van der Waals surface area contributed by atoms with Crippen molar-refractivity contribution in [3.8, 4) is 22.4 Å². The Kier molecular flexibility index (Phi) is 6.31. The predicted octanol–water partition coefficient (Wildman–Crippen LogP) is 3.08. The van der Waals surface area contributed by atoms with Crippen molar-refractivity contribution in [3.63, 3.8) is 0 Å². The highest BCUT2D eigenvalue weighted by Crippen LogP contribution is 2.34. The highest BCUT2D eigenvalue weighted by molar-refractivity contribution is 7.90. The number of nitrogens with one attached hydrogen (secondary N) is 1. The summed E-state index contributed by atoms with van der Waals surface area (Å²) in [6.07, 6.45) is -0.675. The van der Waals surface area contributed by atoms with Crippen molar-refractivity contribution < 1.29 is 27.3 Å². The van der Waals surface area contributed by atoms with Crippen molar-refractivity contribution in [2.75, 3.05) is 6.61 Å². The summed E-state index contributed by atoms with van der Waals surface area (Å²) in [7, 11) is -4.12. The van der Waals surface area contributed by atoms with Crippen LogP contribution in [0.3, 0.4) is 0 Å². The number of hydrogen-bond donors (Lipinski definition) is 1. The van der Waals surface area contributed by atoms with E-state index in [1.807, 2.05) is 35.1 Å². The van der Waals surface area contributed by atoms with Gasteiger partial charge in [-0.2, -0.15) is 0 Å². The van der Waals surface area contributed by atoms with E-state index in [9.17, 15) is 18.0 Å². The molecule has 0 unspecified atom stereocenters. The third kappa shape index (κ3) is 4.74. The molecule has 9 heteroatoms. The average Bonchev–Trinajstić information content (AvgIpc) is 3.10. The second-order valence-corrected chi connectivity index (χ2v) is 8.05. The molecule has 8 nitrogen and oxygen atoms in total. The summed E-state index contributed by atoms with van der Waals surface area (Å²) >= 11 is 0. The number of sulfonamides is 1. The summed E-state index contributed by atoms with van der Waals surface area (Å²) < 4.78 is 36.7. The first-order valence-electron chi connectivity index (χ1n) is 9.15. The number of esters is 1. The van der Waals surface area contributed by atoms with E-state index in [-0.39, 0.29) is 11.5 Å². The van der Waals surface area contributed by atoms with Gasteiger partial charge in [0.15, 0.2) is 0 Å². The summed E-state index contributed by atoms with van der Waals surface area (Å²) in [5.74, 6) is -1.16. The molecular weight excluding hydrogens is 408 g/mol. The van der Waals surface area contributed by atoms with Crippen molar-refractivity contribution in [1.82, 2.24) is 9.88 Å². The van der Waals surface area contributed by atoms with Crippen LogP contribution in [0.25, 0.3) is 22.4 Å². The number of carbonyl (C=O) groups is 2. The van der Waals surface area contributed by atoms with E-state index in [0.29, 0.717) is 17.0 Å². The molecule has 2 aromatic carbocycles. The number of rotatable bonds is 7. The number of hydrogen-bond acceptors (Lipinski definition) is 7. The molecule has 0 atom stereocenters. The summed E-state index contributed by atoms with van der Waals surface area (Å²) in [6, 6.07) is 15.4. The molecule has 1 N–H and O–H groups in total. The molecule has 0 radical (unpaired) electrons. The van der Waals surface area contributed by atoms with Crippen LogP contribution in [0.4, 0.5) is 0 Å². The Morgan fingerprint density at radius 1 is 1.03 bits per heavy atom. The van der Waals surface area contributed by atoms with Crippen molar-refractivity contribution in [1.29, 1.82) is 0 Å². The van der Waals surface area contributed by atoms with Crippen LogP contribution in [0, 0.1) is 6.92 Å². The zero-order valence-electron chi connectivity index (χ0n) is 16.4. The first kappa shape index (κ1) is 21.3. The van der Waals surface area contributed by atoms with E-state index in [1.165, 1.54) is 12.1 Å². The maximum atomic E-state index is 12.4. The minimum Gasteiger partial charge on any atom is -0.466 e. The van der Waals surface area contributed by atoms with Gasteiger partial charge in [-0.3, -0.25) is 9.59 Å². The van der Waals surface area contributed by atoms with Crippen LogP contribution in [-0.4, -0.2) is 32.1 Å². The van der Waals surface area contributed by atoms with Crippen LogP contribution in [0.2, 0.25) is 0 Å². The lowest BCUT2D eigenvalue weighted by atomic mass is 10.00. The number of nitrogens with zero attached hydrogens (tertiary/aromatic N) is 1. The molecule has 3 aromatic rings. The maximum Gasteiger partial charge on any atom is 0.315 e. The van der Waals surface area contributed by atoms with E-state index in [4.69, 9.17) is 4.52 Å². The zero-order chi connectivity index (χ0) is 21.7. The predicted molar refractivity (Wildman–Crippen MR) is 109 cm³/mol. The minimum absolute atomic E-state index is 0.105. The van der Waals surface area contributed by atoms with Crippen LogP contribution in [-0.2, 0) is 24.3 Å². The van der Waals surface area contributed by atoms with Gasteiger partial charge in [0.25, 0.3) is 10.0 Å². The van der Waals surface area contributed by atoms with E-state index >= 15 is 0 Å². The van der Waals surface area contributed by atoms with Gasteiger partial charge in [0, 0.05) is 5.56 Å². The third-order valence-corrected chi connectivity index (χ3v) is 5.61. The fraction of sp³-hybridized carbons (Fsp3) is 0.190. The number of ether oxygens (including phenoxy) is 1. The molecule has 1 heterocycles. The lowest BCUT2D eigenvalue weighted by Crippen LogP contribution is -2.32. The minimum atomic E-state index is -4.12. The zero-order valence-corrected chi connectivity index (χ0v) is 17.2. The van der Waals surface area contributed by atoms with Crippen molar-refractivity contribution in [3.05, 3.63) is 60.4 Å². The molecule has 0 aliphatic heterocycles. The highest BCUT2D eigenvalue weighted by Gasteiger charge is 2.21. The molecule has 1 aromatic heterocycles. The first-order valence-corrected chi connectivity index (χ1v) is 10.6. The van der Waals surface area contributed by atoms with Gasteiger partial charge >= 0.3 is 5.97 Å². The lowest BCUT2D eigenvalue weighted by Gasteiger charge is -2.08. The van der Waals surface area contributed by atoms with E-state index in [1.54, 1.807) is 26.0 Å². The fourth-order valence-corrected chi connectivity index (χ4v) is 3.88. The Morgan fingerprint density at radius 3 is 2.33 bits per heavy atom. The maximum absolute atomic E-state index is 12.4. The number of benzene rings is 2. The van der Waals surface area contributed by atoms with Crippen LogP contribution in [0.5, 0.6) is 0 Å². The summed E-state index contributed by atoms with van der Waals surface area (Å²) in [5.41, 5.74) is 2.97. The van der Waals surface area contributed by atoms with E-state index in [2.05, 4.69) is 9.89 Å². The normalized spacial score (nSPS) is 11.1. The van der Waals surface area contributed by atoms with Gasteiger partial charge in [-0.15, -0.1) is 0 Å². The van der Waals surface area contributed by atoms with Gasteiger partial charge in [-0.25, -0.2) is 13.1 Å². The van der Waals surface area contributed by atoms with Gasteiger partial charge in [0.1, 0.15) is 17.9 Å². The topological polar surface area (TPSA) is 116 Å². The molecular formula is C21H20N2O6S. The SMILES string of the molecule is CCOC(=O)CC(=O)NS(=O)(=O)c1ccc(-c2c(-c3ccccc3)noc2C)cc1. The molecule has 156 valence electrons. The number of aryl methyl sites for hydroxylation is 1. The number of carbonyl (C=O) groups excluding carboxylic acids is 2. The second-order valence-electron chi connectivity index (χ2n) is 6.36. The Hall–Kier alpha value is -3.46. The lowest BCUT2D eigenvalue weighted by molar-refractivity contribution is -0.145. The van der Waals surface area contributed by atoms with Crippen LogP contribution in [0.15, 0.2) is 64.0 Å². The summed E-state index contributed by atoms with van der Waals surface area (Å²) in [4.78, 5) is 23.0. The number of aromatic nitrogens is 1. The molecule has 0 aliphatic rings. The van der Waals surface area contributed by atoms with Crippen molar-refractivity contribution in [2.24, 2.45) is 0 Å². The Labute approximate surface area is 173 Å². The molecule has 0 spiro atoms. The highest BCUT2D eigenvalue weighted by atomic mass is 32.2. The largest absolute Gasteiger partial charge is 0.466 e. The molecule has 1 amide bonds. The van der Waals surface area contributed by atoms with Gasteiger partial charge < -0.3 is 9.26 Å². The molecule has 30 heavy (non-hydrogen) atoms. The van der Waals surface area contributed by atoms with Gasteiger partial charge in [-0.1, -0.05) is 47.6 Å². The molecule has 0 aliphatic carbocycles. The molecule has 0 bridgehead atoms. The molecule has 0 fully saturated rings. The van der Waals surface area contributed by atoms with Crippen LogP contribution >= 0.6 is 0 Å². The summed E-state index contributed by atoms with van der Waals surface area (Å²) in [6.45, 7) is 3.47. The smallest absolute Gasteiger partial charge is 0.315 e. The van der Waals surface area contributed by atoms with Gasteiger partial charge in [0.05, 0.1) is 17.1 Å². The van der Waals surface area contributed by atoms with Crippen LogP contribution < -0.4 is 4.72 Å². The monoisotopic (exact) mass is 428 g/mol. The Bertz CT molecular complexity index is 1150. The average molecular weight is 428 g/mol. The standard InChI is InChI=1S/C21H20N2O6S/c1-3-28-19(25)13-18(24)23-30(26,27)17-11-9-15(10-12-17)20-14(2)29-22-21(20)16-7-5-4-6-8-16/h4-12H,3,13H2,1-2H3,(H,23,24). The molecule has 3 rings (SSSR count). The molecule has 0 saturated carbocycles. The van der Waals surface area contributed by atoms with E-state index in [0.717, 1.165) is 11.1 Å².